The quantitative estimate of drug-likeness (QED) is 0.0195. The molecule has 0 spiro atoms. The summed E-state index contributed by atoms with van der Waals surface area (Å²) in [5.74, 6) is -0.159. The first-order valence-electron chi connectivity index (χ1n) is 39.6. The Morgan fingerprint density at radius 2 is 0.711 bits per heavy atom. The summed E-state index contributed by atoms with van der Waals surface area (Å²) in [5, 5.41) is 54.3. The first-order chi connectivity index (χ1) is 44.2. The predicted molar refractivity (Wildman–Crippen MR) is 380 cm³/mol. The average Bonchev–Trinajstić information content (AvgIpc) is 0.957. The van der Waals surface area contributed by atoms with Gasteiger partial charge in [0.05, 0.1) is 32.0 Å². The second-order valence-corrected chi connectivity index (χ2v) is 27.8. The Morgan fingerprint density at radius 3 is 1.07 bits per heavy atom. The Balaban J connectivity index is 1.85. The number of nitrogens with one attached hydrogen (secondary N) is 1. The Kier molecular flexibility index (Phi) is 65.6. The molecule has 1 aliphatic rings. The van der Waals surface area contributed by atoms with E-state index in [2.05, 4.69) is 31.3 Å². The minimum atomic E-state index is -1.57. The molecule has 90 heavy (non-hydrogen) atoms. The van der Waals surface area contributed by atoms with Gasteiger partial charge in [0.15, 0.2) is 6.29 Å². The maximum absolute atomic E-state index is 13.0. The topological polar surface area (TPSA) is 175 Å². The highest BCUT2D eigenvalue weighted by molar-refractivity contribution is 5.76. The van der Waals surface area contributed by atoms with E-state index in [0.29, 0.717) is 19.4 Å². The van der Waals surface area contributed by atoms with Gasteiger partial charge in [0.25, 0.3) is 0 Å². The summed E-state index contributed by atoms with van der Waals surface area (Å²) in [5.41, 5.74) is 0. The summed E-state index contributed by atoms with van der Waals surface area (Å²) in [6, 6.07) is -0.805. The van der Waals surface area contributed by atoms with Crippen LogP contribution in [0.1, 0.15) is 406 Å². The lowest BCUT2D eigenvalue weighted by Crippen LogP contribution is -2.60. The number of aliphatic hydroxyl groups excluding tert-OH is 5. The van der Waals surface area contributed by atoms with Crippen LogP contribution >= 0.6 is 0 Å². The van der Waals surface area contributed by atoms with Crippen molar-refractivity contribution in [1.29, 1.82) is 0 Å². The van der Waals surface area contributed by atoms with E-state index in [0.717, 1.165) is 51.4 Å². The van der Waals surface area contributed by atoms with E-state index in [1.807, 2.05) is 6.08 Å². The van der Waals surface area contributed by atoms with Crippen LogP contribution in [0.25, 0.3) is 0 Å². The van der Waals surface area contributed by atoms with Crippen LogP contribution in [0.2, 0.25) is 0 Å². The summed E-state index contributed by atoms with van der Waals surface area (Å²) in [4.78, 5) is 25.2. The number of hydrogen-bond donors (Lipinski definition) is 6. The molecule has 11 nitrogen and oxygen atoms in total. The van der Waals surface area contributed by atoms with Gasteiger partial charge in [0, 0.05) is 12.8 Å². The van der Waals surface area contributed by atoms with E-state index in [4.69, 9.17) is 14.2 Å². The van der Waals surface area contributed by atoms with Crippen molar-refractivity contribution in [2.75, 3.05) is 19.8 Å². The number of carbonyl (C=O) groups is 2. The van der Waals surface area contributed by atoms with Gasteiger partial charge in [-0.1, -0.05) is 359 Å². The molecule has 11 heteroatoms. The molecule has 1 fully saturated rings. The molecule has 1 saturated heterocycles. The largest absolute Gasteiger partial charge is 0.466 e. The van der Waals surface area contributed by atoms with E-state index in [1.54, 1.807) is 6.08 Å². The Morgan fingerprint density at radius 1 is 0.400 bits per heavy atom. The third kappa shape index (κ3) is 56.5. The van der Waals surface area contributed by atoms with Gasteiger partial charge in [-0.2, -0.15) is 0 Å². The SMILES string of the molecule is CCCCCCCCC/C=C/C(O)C(COC1OC(CO)C(O)C(O)C1O)NC(=O)CCCCCCCCCCCCCCCCCCC/C=C\CCCCCCCCCCCCCCCCOC(=O)CCCCCCCCCCCCCCCCCCCC. The summed E-state index contributed by atoms with van der Waals surface area (Å²) in [6.45, 7) is 4.37. The zero-order chi connectivity index (χ0) is 65.1. The lowest BCUT2D eigenvalue weighted by molar-refractivity contribution is -0.302. The lowest BCUT2D eigenvalue weighted by atomic mass is 9.99. The van der Waals surface area contributed by atoms with E-state index < -0.39 is 49.5 Å². The number of amides is 1. The Labute approximate surface area is 556 Å². The monoisotopic (exact) mass is 1270 g/mol. The standard InChI is InChI=1S/C79H151NO10/c1-3-5-7-9-11-13-14-15-16-17-38-41-44-47-51-55-59-63-67-75(84)88-68-64-60-56-52-48-45-42-39-36-34-32-30-28-26-24-22-20-18-19-21-23-25-27-29-31-33-35-37-40-43-46-50-54-58-62-66-74(83)80-71(72(82)65-61-57-53-49-12-10-8-6-4-2)70-89-79-78(87)77(86)76(85)73(69-81)90-79/h20,22,61,65,71-73,76-79,81-82,85-87H,3-19,21,23-60,62-64,66-70H2,1-2H3,(H,80,83)/b22-20-,65-61+. The fourth-order valence-electron chi connectivity index (χ4n) is 12.8. The van der Waals surface area contributed by atoms with Crippen LogP contribution in [0.4, 0.5) is 0 Å². The molecule has 0 bridgehead atoms. The van der Waals surface area contributed by atoms with E-state index in [9.17, 15) is 35.1 Å². The molecule has 1 heterocycles. The molecular weight excluding hydrogens is 1120 g/mol. The summed E-state index contributed by atoms with van der Waals surface area (Å²) < 4.78 is 16.8. The maximum Gasteiger partial charge on any atom is 0.305 e. The van der Waals surface area contributed by atoms with Gasteiger partial charge in [0.1, 0.15) is 24.4 Å². The summed E-state index contributed by atoms with van der Waals surface area (Å²) >= 11 is 0. The smallest absolute Gasteiger partial charge is 0.305 e. The van der Waals surface area contributed by atoms with Crippen LogP contribution in [0.5, 0.6) is 0 Å². The van der Waals surface area contributed by atoms with Crippen molar-refractivity contribution in [3.8, 4) is 0 Å². The fourth-order valence-corrected chi connectivity index (χ4v) is 12.8. The van der Waals surface area contributed by atoms with Crippen molar-refractivity contribution in [3.05, 3.63) is 24.3 Å². The molecule has 0 saturated carbocycles. The molecule has 7 unspecified atom stereocenters. The summed E-state index contributed by atoms with van der Waals surface area (Å²) in [6.07, 6.45) is 78.0. The van der Waals surface area contributed by atoms with Crippen molar-refractivity contribution in [2.24, 2.45) is 0 Å². The molecule has 6 N–H and O–H groups in total. The summed E-state index contributed by atoms with van der Waals surface area (Å²) in [7, 11) is 0. The van der Waals surface area contributed by atoms with Crippen molar-refractivity contribution in [2.45, 2.75) is 448 Å². The fraction of sp³-hybridized carbons (Fsp3) is 0.924. The first-order valence-corrected chi connectivity index (χ1v) is 39.6. The van der Waals surface area contributed by atoms with E-state index >= 15 is 0 Å². The highest BCUT2D eigenvalue weighted by Crippen LogP contribution is 2.24. The van der Waals surface area contributed by atoms with Gasteiger partial charge in [0.2, 0.25) is 5.91 Å². The van der Waals surface area contributed by atoms with Gasteiger partial charge in [-0.05, 0) is 57.8 Å². The number of unbranched alkanes of at least 4 members (excludes halogenated alkanes) is 55. The molecular formula is C79H151NO10. The number of ether oxygens (including phenoxy) is 3. The van der Waals surface area contributed by atoms with Crippen molar-refractivity contribution in [1.82, 2.24) is 5.32 Å². The predicted octanol–water partition coefficient (Wildman–Crippen LogP) is 21.1. The number of aliphatic hydroxyl groups is 5. The van der Waals surface area contributed by atoms with Crippen LogP contribution in [-0.2, 0) is 23.8 Å². The first kappa shape index (κ1) is 86.2. The van der Waals surface area contributed by atoms with Gasteiger partial charge >= 0.3 is 5.97 Å². The zero-order valence-corrected chi connectivity index (χ0v) is 59.4. The highest BCUT2D eigenvalue weighted by Gasteiger charge is 2.44. The number of carbonyl (C=O) groups excluding carboxylic acids is 2. The van der Waals surface area contributed by atoms with Gasteiger partial charge in [-0.3, -0.25) is 9.59 Å². The van der Waals surface area contributed by atoms with E-state index in [1.165, 1.54) is 327 Å². The minimum Gasteiger partial charge on any atom is -0.466 e. The molecule has 1 amide bonds. The van der Waals surface area contributed by atoms with Crippen molar-refractivity contribution < 1.29 is 49.3 Å². The van der Waals surface area contributed by atoms with Gasteiger partial charge in [-0.25, -0.2) is 0 Å². The highest BCUT2D eigenvalue weighted by atomic mass is 16.7. The Hall–Kier alpha value is -1.86. The molecule has 532 valence electrons. The van der Waals surface area contributed by atoms with Crippen molar-refractivity contribution in [3.63, 3.8) is 0 Å². The molecule has 0 radical (unpaired) electrons. The van der Waals surface area contributed by atoms with Crippen molar-refractivity contribution >= 4 is 11.9 Å². The number of hydrogen-bond acceptors (Lipinski definition) is 10. The molecule has 1 rings (SSSR count). The lowest BCUT2D eigenvalue weighted by Gasteiger charge is -2.40. The average molecular weight is 1280 g/mol. The Bertz CT molecular complexity index is 1540. The minimum absolute atomic E-state index is 0.0188. The molecule has 1 aliphatic heterocycles. The molecule has 0 aromatic heterocycles. The molecule has 0 aromatic carbocycles. The third-order valence-electron chi connectivity index (χ3n) is 19.1. The normalized spacial score (nSPS) is 17.7. The number of allylic oxidation sites excluding steroid dienone is 3. The third-order valence-corrected chi connectivity index (χ3v) is 19.1. The second kappa shape index (κ2) is 68.5. The zero-order valence-electron chi connectivity index (χ0n) is 59.4. The molecule has 0 aliphatic carbocycles. The maximum atomic E-state index is 13.0. The number of esters is 1. The van der Waals surface area contributed by atoms with Crippen LogP contribution in [0.3, 0.4) is 0 Å². The van der Waals surface area contributed by atoms with Crippen LogP contribution in [0, 0.1) is 0 Å². The van der Waals surface area contributed by atoms with Gasteiger partial charge < -0.3 is 45.1 Å². The van der Waals surface area contributed by atoms with E-state index in [-0.39, 0.29) is 18.5 Å². The van der Waals surface area contributed by atoms with Crippen LogP contribution < -0.4 is 5.32 Å². The van der Waals surface area contributed by atoms with Crippen LogP contribution in [-0.4, -0.2) is 100 Å². The van der Waals surface area contributed by atoms with Gasteiger partial charge in [-0.15, -0.1) is 0 Å². The van der Waals surface area contributed by atoms with Crippen LogP contribution in [0.15, 0.2) is 24.3 Å². The molecule has 0 aromatic rings. The second-order valence-electron chi connectivity index (χ2n) is 27.8. The molecule has 7 atom stereocenters. The number of rotatable bonds is 71.